The summed E-state index contributed by atoms with van der Waals surface area (Å²) in [6.45, 7) is 0.424. The number of fused-ring (bicyclic) bond motifs is 1. The molecule has 118 valence electrons. The maximum absolute atomic E-state index is 10.9. The van der Waals surface area contributed by atoms with Crippen molar-refractivity contribution in [2.24, 2.45) is 0 Å². The number of carbonyl (C=O) groups is 1. The van der Waals surface area contributed by atoms with E-state index in [2.05, 4.69) is 0 Å². The predicted molar refractivity (Wildman–Crippen MR) is 81.7 cm³/mol. The zero-order chi connectivity index (χ0) is 15.7. The van der Waals surface area contributed by atoms with Crippen molar-refractivity contribution in [2.45, 2.75) is 38.1 Å². The van der Waals surface area contributed by atoms with Gasteiger partial charge in [-0.1, -0.05) is 6.42 Å². The van der Waals surface area contributed by atoms with E-state index in [0.717, 1.165) is 29.7 Å². The number of hydrogen-bond acceptors (Lipinski definition) is 4. The molecule has 0 atom stereocenters. The fourth-order valence-corrected chi connectivity index (χ4v) is 2.89. The normalized spacial score (nSPS) is 14.8. The third kappa shape index (κ3) is 2.49. The van der Waals surface area contributed by atoms with E-state index in [1.54, 1.807) is 14.2 Å². The van der Waals surface area contributed by atoms with Crippen LogP contribution in [0.5, 0.6) is 11.5 Å². The number of carboxylic acid groups (broad SMARTS) is 1. The summed E-state index contributed by atoms with van der Waals surface area (Å²) < 4.78 is 12.7. The lowest BCUT2D eigenvalue weighted by atomic mass is 9.85. The zero-order valence-electron chi connectivity index (χ0n) is 12.8. The number of benzene rings is 1. The van der Waals surface area contributed by atoms with Gasteiger partial charge in [-0.3, -0.25) is 4.79 Å². The Kier molecular flexibility index (Phi) is 3.92. The van der Waals surface area contributed by atoms with Gasteiger partial charge in [-0.25, -0.2) is 4.98 Å². The fourth-order valence-electron chi connectivity index (χ4n) is 2.89. The molecule has 1 aromatic heterocycles. The Hall–Kier alpha value is -2.24. The number of hydrogen-bond donors (Lipinski definition) is 1. The molecule has 0 amide bonds. The first kappa shape index (κ1) is 14.7. The van der Waals surface area contributed by atoms with E-state index in [9.17, 15) is 4.79 Å². The Morgan fingerprint density at radius 1 is 1.32 bits per heavy atom. The second-order valence-electron chi connectivity index (χ2n) is 5.59. The van der Waals surface area contributed by atoms with Gasteiger partial charge in [-0.05, 0) is 12.8 Å². The molecule has 1 aliphatic carbocycles. The second-order valence-corrected chi connectivity index (χ2v) is 5.59. The molecule has 6 nitrogen and oxygen atoms in total. The summed E-state index contributed by atoms with van der Waals surface area (Å²) in [6.07, 6.45) is 3.52. The van der Waals surface area contributed by atoms with Crippen molar-refractivity contribution in [2.75, 3.05) is 14.2 Å². The van der Waals surface area contributed by atoms with Crippen LogP contribution in [0.2, 0.25) is 0 Å². The highest BCUT2D eigenvalue weighted by atomic mass is 16.5. The van der Waals surface area contributed by atoms with Crippen molar-refractivity contribution < 1.29 is 19.4 Å². The highest BCUT2D eigenvalue weighted by Gasteiger charge is 2.26. The van der Waals surface area contributed by atoms with Gasteiger partial charge in [0.05, 0.1) is 31.7 Å². The van der Waals surface area contributed by atoms with Crippen LogP contribution in [0.4, 0.5) is 0 Å². The summed E-state index contributed by atoms with van der Waals surface area (Å²) in [4.78, 5) is 15.7. The fraction of sp³-hybridized carbons (Fsp3) is 0.500. The molecule has 1 fully saturated rings. The summed E-state index contributed by atoms with van der Waals surface area (Å²) in [5.74, 6) is 1.88. The number of methoxy groups -OCH3 is 2. The average Bonchev–Trinajstić information content (AvgIpc) is 2.78. The van der Waals surface area contributed by atoms with Crippen molar-refractivity contribution >= 4 is 17.0 Å². The molecule has 1 aromatic carbocycles. The van der Waals surface area contributed by atoms with Crippen molar-refractivity contribution in [3.63, 3.8) is 0 Å². The van der Waals surface area contributed by atoms with E-state index in [4.69, 9.17) is 19.6 Å². The third-order valence-corrected chi connectivity index (χ3v) is 4.30. The second kappa shape index (κ2) is 5.87. The maximum Gasteiger partial charge on any atom is 0.305 e. The maximum atomic E-state index is 10.9. The Morgan fingerprint density at radius 3 is 2.55 bits per heavy atom. The first-order valence-electron chi connectivity index (χ1n) is 7.48. The molecule has 2 aromatic rings. The summed E-state index contributed by atoms with van der Waals surface area (Å²) in [5, 5.41) is 8.99. The quantitative estimate of drug-likeness (QED) is 0.888. The summed E-state index contributed by atoms with van der Waals surface area (Å²) in [5.41, 5.74) is 1.73. The van der Waals surface area contributed by atoms with Crippen LogP contribution in [0.25, 0.3) is 11.0 Å². The van der Waals surface area contributed by atoms with E-state index in [1.807, 2.05) is 16.7 Å². The molecule has 0 radical (unpaired) electrons. The first-order chi connectivity index (χ1) is 10.6. The van der Waals surface area contributed by atoms with E-state index < -0.39 is 5.97 Å². The van der Waals surface area contributed by atoms with E-state index in [-0.39, 0.29) is 6.42 Å². The Labute approximate surface area is 128 Å². The van der Waals surface area contributed by atoms with Gasteiger partial charge < -0.3 is 19.1 Å². The minimum absolute atomic E-state index is 0.0829. The third-order valence-electron chi connectivity index (χ3n) is 4.30. The summed E-state index contributed by atoms with van der Waals surface area (Å²) in [6, 6.07) is 3.73. The van der Waals surface area contributed by atoms with E-state index in [0.29, 0.717) is 24.0 Å². The molecule has 1 heterocycles. The SMILES string of the molecule is COc1cc2nc(C3CCC3)n(CCC(=O)O)c2cc1OC. The van der Waals surface area contributed by atoms with Gasteiger partial charge in [0.2, 0.25) is 0 Å². The van der Waals surface area contributed by atoms with Crippen LogP contribution in [0.1, 0.15) is 37.4 Å². The standard InChI is InChI=1S/C16H20N2O4/c1-21-13-8-11-12(9-14(13)22-2)18(7-6-15(19)20)16(17-11)10-4-3-5-10/h8-10H,3-7H2,1-2H3,(H,19,20). The zero-order valence-corrected chi connectivity index (χ0v) is 12.8. The molecule has 0 bridgehead atoms. The van der Waals surface area contributed by atoms with Crippen LogP contribution in [0.15, 0.2) is 12.1 Å². The minimum Gasteiger partial charge on any atom is -0.493 e. The van der Waals surface area contributed by atoms with Gasteiger partial charge in [-0.15, -0.1) is 0 Å². The molecule has 1 N–H and O–H groups in total. The number of ether oxygens (including phenoxy) is 2. The van der Waals surface area contributed by atoms with Crippen LogP contribution in [-0.2, 0) is 11.3 Å². The van der Waals surface area contributed by atoms with Crippen LogP contribution in [0, 0.1) is 0 Å². The average molecular weight is 304 g/mol. The molecule has 0 saturated heterocycles. The topological polar surface area (TPSA) is 73.6 Å². The summed E-state index contributed by atoms with van der Waals surface area (Å²) >= 11 is 0. The highest BCUT2D eigenvalue weighted by molar-refractivity contribution is 5.81. The van der Waals surface area contributed by atoms with Gasteiger partial charge >= 0.3 is 5.97 Å². The Balaban J connectivity index is 2.11. The highest BCUT2D eigenvalue weighted by Crippen LogP contribution is 2.39. The molecule has 22 heavy (non-hydrogen) atoms. The smallest absolute Gasteiger partial charge is 0.305 e. The van der Waals surface area contributed by atoms with Crippen molar-refractivity contribution in [3.05, 3.63) is 18.0 Å². The first-order valence-corrected chi connectivity index (χ1v) is 7.48. The molecule has 3 rings (SSSR count). The minimum atomic E-state index is -0.804. The van der Waals surface area contributed by atoms with Gasteiger partial charge in [-0.2, -0.15) is 0 Å². The van der Waals surface area contributed by atoms with Gasteiger partial charge in [0.15, 0.2) is 11.5 Å². The summed E-state index contributed by atoms with van der Waals surface area (Å²) in [7, 11) is 3.19. The number of carboxylic acids is 1. The Morgan fingerprint density at radius 2 is 2.00 bits per heavy atom. The molecule has 0 unspecified atom stereocenters. The number of nitrogens with zero attached hydrogens (tertiary/aromatic N) is 2. The van der Waals surface area contributed by atoms with Crippen LogP contribution in [0.3, 0.4) is 0 Å². The van der Waals surface area contributed by atoms with Gasteiger partial charge in [0.1, 0.15) is 5.82 Å². The lowest BCUT2D eigenvalue weighted by Gasteiger charge is -2.25. The van der Waals surface area contributed by atoms with Crippen LogP contribution in [-0.4, -0.2) is 34.8 Å². The molecule has 0 spiro atoms. The molecule has 1 aliphatic rings. The van der Waals surface area contributed by atoms with E-state index in [1.165, 1.54) is 6.42 Å². The van der Waals surface area contributed by atoms with Gasteiger partial charge in [0, 0.05) is 24.6 Å². The molecular weight excluding hydrogens is 284 g/mol. The number of aryl methyl sites for hydroxylation is 1. The van der Waals surface area contributed by atoms with Crippen molar-refractivity contribution in [1.29, 1.82) is 0 Å². The molecular formula is C16H20N2O4. The number of aliphatic carboxylic acids is 1. The number of rotatable bonds is 6. The lowest BCUT2D eigenvalue weighted by Crippen LogP contribution is -2.16. The molecule has 1 saturated carbocycles. The van der Waals surface area contributed by atoms with Crippen LogP contribution >= 0.6 is 0 Å². The monoisotopic (exact) mass is 304 g/mol. The molecule has 0 aliphatic heterocycles. The molecule has 6 heteroatoms. The number of imidazole rings is 1. The number of aromatic nitrogens is 2. The van der Waals surface area contributed by atoms with Crippen molar-refractivity contribution in [1.82, 2.24) is 9.55 Å². The van der Waals surface area contributed by atoms with Crippen LogP contribution < -0.4 is 9.47 Å². The van der Waals surface area contributed by atoms with E-state index >= 15 is 0 Å². The predicted octanol–water partition coefficient (Wildman–Crippen LogP) is 2.80. The lowest BCUT2D eigenvalue weighted by molar-refractivity contribution is -0.137. The van der Waals surface area contributed by atoms with Crippen molar-refractivity contribution in [3.8, 4) is 11.5 Å². The Bertz CT molecular complexity index is 704. The van der Waals surface area contributed by atoms with Gasteiger partial charge in [0.25, 0.3) is 0 Å². The largest absolute Gasteiger partial charge is 0.493 e.